The molecule has 34 heavy (non-hydrogen) atoms. The minimum absolute atomic E-state index is 0.133. The molecule has 0 aromatic heterocycles. The number of methoxy groups -OCH3 is 1. The van der Waals surface area contributed by atoms with Crippen LogP contribution in [-0.4, -0.2) is 41.1 Å². The van der Waals surface area contributed by atoms with Gasteiger partial charge in [-0.25, -0.2) is 8.42 Å². The highest BCUT2D eigenvalue weighted by Gasteiger charge is 2.28. The van der Waals surface area contributed by atoms with Crippen molar-refractivity contribution in [3.8, 4) is 11.5 Å². The fourth-order valence-electron chi connectivity index (χ4n) is 3.44. The van der Waals surface area contributed by atoms with Crippen LogP contribution >= 0.6 is 0 Å². The van der Waals surface area contributed by atoms with Crippen molar-refractivity contribution in [2.24, 2.45) is 0 Å². The van der Waals surface area contributed by atoms with Crippen LogP contribution in [0.4, 0.5) is 5.69 Å². The van der Waals surface area contributed by atoms with Gasteiger partial charge < -0.3 is 14.8 Å². The summed E-state index contributed by atoms with van der Waals surface area (Å²) in [4.78, 5) is 12.9. The number of sulfonamides is 1. The third-order valence-corrected chi connectivity index (χ3v) is 7.04. The van der Waals surface area contributed by atoms with Crippen LogP contribution in [0.1, 0.15) is 16.7 Å². The van der Waals surface area contributed by atoms with Crippen LogP contribution in [0.5, 0.6) is 11.5 Å². The maximum atomic E-state index is 13.5. The number of carbonyl (C=O) groups excluding carboxylic acids is 1. The van der Waals surface area contributed by atoms with Gasteiger partial charge in [-0.2, -0.15) is 0 Å². The molecule has 0 aliphatic rings. The van der Waals surface area contributed by atoms with Gasteiger partial charge in [-0.05, 0) is 68.8 Å². The topological polar surface area (TPSA) is 84.9 Å². The van der Waals surface area contributed by atoms with Gasteiger partial charge in [0.2, 0.25) is 5.91 Å². The second kappa shape index (κ2) is 11.1. The average Bonchev–Trinajstić information content (AvgIpc) is 2.81. The number of carbonyl (C=O) groups is 1. The monoisotopic (exact) mass is 482 g/mol. The minimum Gasteiger partial charge on any atom is -0.497 e. The Balaban J connectivity index is 1.71. The van der Waals surface area contributed by atoms with E-state index in [1.165, 1.54) is 0 Å². The molecule has 0 aliphatic heterocycles. The SMILES string of the molecule is COc1ccc(OCCNC(=O)CN(c2ccc(C)cc2C)S(=O)(=O)c2ccc(C)cc2)cc1. The third-order valence-electron chi connectivity index (χ3n) is 5.27. The first kappa shape index (κ1) is 25.1. The van der Waals surface area contributed by atoms with E-state index in [1.54, 1.807) is 61.7 Å². The van der Waals surface area contributed by atoms with Crippen LogP contribution in [0.25, 0.3) is 0 Å². The predicted octanol–water partition coefficient (Wildman–Crippen LogP) is 4.01. The first-order chi connectivity index (χ1) is 16.2. The van der Waals surface area contributed by atoms with Crippen LogP contribution in [0.3, 0.4) is 0 Å². The lowest BCUT2D eigenvalue weighted by molar-refractivity contribution is -0.119. The van der Waals surface area contributed by atoms with Gasteiger partial charge in [0.15, 0.2) is 0 Å². The number of benzene rings is 3. The van der Waals surface area contributed by atoms with E-state index in [0.717, 1.165) is 26.7 Å². The van der Waals surface area contributed by atoms with Crippen molar-refractivity contribution in [3.63, 3.8) is 0 Å². The fourth-order valence-corrected chi connectivity index (χ4v) is 4.93. The summed E-state index contributed by atoms with van der Waals surface area (Å²) in [6, 6.07) is 19.2. The number of rotatable bonds is 10. The molecule has 1 amide bonds. The van der Waals surface area contributed by atoms with E-state index in [-0.39, 0.29) is 24.6 Å². The molecule has 0 saturated heterocycles. The average molecular weight is 483 g/mol. The molecule has 180 valence electrons. The maximum absolute atomic E-state index is 13.5. The van der Waals surface area contributed by atoms with E-state index in [1.807, 2.05) is 32.9 Å². The highest BCUT2D eigenvalue weighted by Crippen LogP contribution is 2.27. The number of aryl methyl sites for hydroxylation is 3. The van der Waals surface area contributed by atoms with E-state index < -0.39 is 15.9 Å². The molecule has 0 fully saturated rings. The number of amides is 1. The van der Waals surface area contributed by atoms with Crippen LogP contribution in [0, 0.1) is 20.8 Å². The summed E-state index contributed by atoms with van der Waals surface area (Å²) in [5, 5.41) is 2.74. The van der Waals surface area contributed by atoms with Gasteiger partial charge in [0.05, 0.1) is 24.2 Å². The molecule has 1 N–H and O–H groups in total. The van der Waals surface area contributed by atoms with E-state index in [2.05, 4.69) is 5.32 Å². The zero-order chi connectivity index (χ0) is 24.7. The molecular formula is C26H30N2O5S. The van der Waals surface area contributed by atoms with Crippen LogP contribution in [0.15, 0.2) is 71.6 Å². The van der Waals surface area contributed by atoms with Gasteiger partial charge in [-0.3, -0.25) is 9.10 Å². The summed E-state index contributed by atoms with van der Waals surface area (Å²) in [7, 11) is -2.36. The smallest absolute Gasteiger partial charge is 0.264 e. The molecule has 0 heterocycles. The molecule has 0 radical (unpaired) electrons. The lowest BCUT2D eigenvalue weighted by Crippen LogP contribution is -2.42. The predicted molar refractivity (Wildman–Crippen MR) is 133 cm³/mol. The van der Waals surface area contributed by atoms with Crippen molar-refractivity contribution >= 4 is 21.6 Å². The van der Waals surface area contributed by atoms with E-state index in [4.69, 9.17) is 9.47 Å². The molecule has 0 unspecified atom stereocenters. The molecule has 3 aromatic carbocycles. The second-order valence-electron chi connectivity index (χ2n) is 7.99. The van der Waals surface area contributed by atoms with E-state index in [0.29, 0.717) is 11.4 Å². The second-order valence-corrected chi connectivity index (χ2v) is 9.85. The minimum atomic E-state index is -3.95. The molecular weight excluding hydrogens is 452 g/mol. The molecule has 3 aromatic rings. The van der Waals surface area contributed by atoms with Gasteiger partial charge in [0, 0.05) is 0 Å². The first-order valence-electron chi connectivity index (χ1n) is 10.9. The summed E-state index contributed by atoms with van der Waals surface area (Å²) in [6.45, 7) is 5.79. The van der Waals surface area contributed by atoms with E-state index >= 15 is 0 Å². The Morgan fingerprint density at radius 2 is 1.50 bits per heavy atom. The van der Waals surface area contributed by atoms with Crippen molar-refractivity contribution < 1.29 is 22.7 Å². The molecule has 7 nitrogen and oxygen atoms in total. The van der Waals surface area contributed by atoms with Gasteiger partial charge >= 0.3 is 0 Å². The number of ether oxygens (including phenoxy) is 2. The Labute approximate surface area is 201 Å². The Kier molecular flexibility index (Phi) is 8.17. The fraction of sp³-hybridized carbons (Fsp3) is 0.269. The van der Waals surface area contributed by atoms with Crippen molar-refractivity contribution in [3.05, 3.63) is 83.4 Å². The number of hydrogen-bond donors (Lipinski definition) is 1. The zero-order valence-electron chi connectivity index (χ0n) is 19.9. The maximum Gasteiger partial charge on any atom is 0.264 e. The van der Waals surface area contributed by atoms with Gasteiger partial charge in [-0.1, -0.05) is 35.4 Å². The number of hydrogen-bond acceptors (Lipinski definition) is 5. The van der Waals surface area contributed by atoms with Crippen molar-refractivity contribution in [1.82, 2.24) is 5.32 Å². The summed E-state index contributed by atoms with van der Waals surface area (Å²) < 4.78 is 38.9. The Hall–Kier alpha value is -3.52. The van der Waals surface area contributed by atoms with Crippen LogP contribution in [0.2, 0.25) is 0 Å². The van der Waals surface area contributed by atoms with Crippen LogP contribution < -0.4 is 19.1 Å². The number of nitrogens with zero attached hydrogens (tertiary/aromatic N) is 1. The highest BCUT2D eigenvalue weighted by molar-refractivity contribution is 7.92. The summed E-state index contributed by atoms with van der Waals surface area (Å²) in [5.41, 5.74) is 3.20. The number of anilines is 1. The molecule has 0 spiro atoms. The normalized spacial score (nSPS) is 11.1. The van der Waals surface area contributed by atoms with Gasteiger partial charge in [0.1, 0.15) is 24.7 Å². The van der Waals surface area contributed by atoms with Crippen molar-refractivity contribution in [2.45, 2.75) is 25.7 Å². The standard InChI is InChI=1S/C26H30N2O5S/c1-19-5-12-24(13-6-19)34(30,31)28(25-14-7-20(2)17-21(25)3)18-26(29)27-15-16-33-23-10-8-22(32-4)9-11-23/h5-14,17H,15-16,18H2,1-4H3,(H,27,29). The molecule has 8 heteroatoms. The Morgan fingerprint density at radius 3 is 2.12 bits per heavy atom. The number of nitrogens with one attached hydrogen (secondary N) is 1. The highest BCUT2D eigenvalue weighted by atomic mass is 32.2. The largest absolute Gasteiger partial charge is 0.497 e. The van der Waals surface area contributed by atoms with Crippen molar-refractivity contribution in [1.29, 1.82) is 0 Å². The summed E-state index contributed by atoms with van der Waals surface area (Å²) in [6.07, 6.45) is 0. The van der Waals surface area contributed by atoms with Crippen LogP contribution in [-0.2, 0) is 14.8 Å². The lowest BCUT2D eigenvalue weighted by Gasteiger charge is -2.26. The lowest BCUT2D eigenvalue weighted by atomic mass is 10.1. The zero-order valence-corrected chi connectivity index (χ0v) is 20.7. The first-order valence-corrected chi connectivity index (χ1v) is 12.3. The summed E-state index contributed by atoms with van der Waals surface area (Å²) in [5.74, 6) is 0.949. The molecule has 0 atom stereocenters. The van der Waals surface area contributed by atoms with Gasteiger partial charge in [-0.15, -0.1) is 0 Å². The molecule has 0 bridgehead atoms. The summed E-state index contributed by atoms with van der Waals surface area (Å²) >= 11 is 0. The van der Waals surface area contributed by atoms with Gasteiger partial charge in [0.25, 0.3) is 10.0 Å². The molecule has 0 saturated carbocycles. The third kappa shape index (κ3) is 6.29. The Bertz CT molecular complexity index is 1220. The Morgan fingerprint density at radius 1 is 0.882 bits per heavy atom. The molecule has 3 rings (SSSR count). The van der Waals surface area contributed by atoms with E-state index in [9.17, 15) is 13.2 Å². The van der Waals surface area contributed by atoms with Crippen molar-refractivity contribution in [2.75, 3.05) is 31.1 Å². The quantitative estimate of drug-likeness (QED) is 0.442. The molecule has 0 aliphatic carbocycles.